The Labute approximate surface area is 135 Å². The van der Waals surface area contributed by atoms with Crippen molar-refractivity contribution in [2.24, 2.45) is 11.5 Å². The van der Waals surface area contributed by atoms with Crippen LogP contribution in [0, 0.1) is 5.82 Å². The number of aromatic nitrogens is 2. The average Bonchev–Trinajstić information content (AvgIpc) is 2.99. The van der Waals surface area contributed by atoms with Crippen LogP contribution in [0.3, 0.4) is 0 Å². The largest absolute Gasteiger partial charge is 0.367 e. The van der Waals surface area contributed by atoms with E-state index in [9.17, 15) is 18.8 Å². The summed E-state index contributed by atoms with van der Waals surface area (Å²) in [4.78, 5) is 37.7. The second-order valence-corrected chi connectivity index (χ2v) is 4.82. The van der Waals surface area contributed by atoms with Crippen LogP contribution >= 0.6 is 0 Å². The van der Waals surface area contributed by atoms with E-state index in [-0.39, 0.29) is 24.6 Å². The molecule has 0 radical (unpaired) electrons. The summed E-state index contributed by atoms with van der Waals surface area (Å²) in [6.07, 6.45) is -0.0492. The van der Waals surface area contributed by atoms with E-state index in [1.54, 1.807) is 0 Å². The molecule has 24 heavy (non-hydrogen) atoms. The Balaban J connectivity index is 1.93. The molecule has 0 saturated carbocycles. The van der Waals surface area contributed by atoms with Gasteiger partial charge in [0.1, 0.15) is 5.82 Å². The minimum Gasteiger partial charge on any atom is -0.367 e. The molecule has 0 atom stereocenters. The molecule has 1 aromatic heterocycles. The van der Waals surface area contributed by atoms with Crippen molar-refractivity contribution in [3.05, 3.63) is 36.0 Å². The summed E-state index contributed by atoms with van der Waals surface area (Å²) in [6.45, 7) is 0. The smallest absolute Gasteiger partial charge is 0.249 e. The maximum Gasteiger partial charge on any atom is 0.249 e. The number of nitrogens with two attached hydrogens (primary N) is 2. The van der Waals surface area contributed by atoms with Crippen LogP contribution in [0.25, 0.3) is 11.4 Å². The second-order valence-electron chi connectivity index (χ2n) is 4.82. The number of aryl methyl sites for hydroxylation is 1. The molecule has 0 fully saturated rings. The molecule has 0 unspecified atom stereocenters. The van der Waals surface area contributed by atoms with Gasteiger partial charge in [-0.1, -0.05) is 5.16 Å². The van der Waals surface area contributed by atoms with Crippen LogP contribution in [-0.4, -0.2) is 33.9 Å². The van der Waals surface area contributed by atoms with E-state index in [1.165, 1.54) is 24.3 Å². The molecule has 0 saturated heterocycles. The quantitative estimate of drug-likeness (QED) is 0.566. The molecule has 0 aliphatic heterocycles. The fraction of sp³-hybridized carbons (Fsp3) is 0.214. The van der Waals surface area contributed by atoms with E-state index in [0.29, 0.717) is 5.56 Å². The van der Waals surface area contributed by atoms with Crippen molar-refractivity contribution in [2.45, 2.75) is 18.9 Å². The maximum absolute atomic E-state index is 12.9. The van der Waals surface area contributed by atoms with E-state index >= 15 is 0 Å². The highest BCUT2D eigenvalue weighted by atomic mass is 19.1. The standard InChI is InChI=1S/C14H14FN5O4/c15-8-3-1-7(2-4-8)14-19-10(24-20-14)6-5-9(21)18-11(12(16)22)13(17)23/h1-4,11H,5-6H2,(H2,16,22)(H2,17,23)(H,18,21). The molecular formula is C14H14FN5O4. The number of benzene rings is 1. The van der Waals surface area contributed by atoms with E-state index in [2.05, 4.69) is 15.5 Å². The van der Waals surface area contributed by atoms with Gasteiger partial charge >= 0.3 is 0 Å². The monoisotopic (exact) mass is 335 g/mol. The molecule has 3 amide bonds. The molecule has 5 N–H and O–H groups in total. The van der Waals surface area contributed by atoms with Crippen molar-refractivity contribution in [1.29, 1.82) is 0 Å². The molecular weight excluding hydrogens is 321 g/mol. The molecule has 0 aliphatic carbocycles. The number of nitrogens with zero attached hydrogens (tertiary/aromatic N) is 2. The number of halogens is 1. The van der Waals surface area contributed by atoms with Gasteiger partial charge in [0, 0.05) is 18.4 Å². The first-order valence-corrected chi connectivity index (χ1v) is 6.83. The molecule has 126 valence electrons. The number of carbonyl (C=O) groups is 3. The van der Waals surface area contributed by atoms with Crippen LogP contribution in [0.4, 0.5) is 4.39 Å². The third-order valence-electron chi connectivity index (χ3n) is 3.01. The lowest BCUT2D eigenvalue weighted by Crippen LogP contribution is -2.52. The third kappa shape index (κ3) is 4.35. The zero-order valence-electron chi connectivity index (χ0n) is 12.4. The van der Waals surface area contributed by atoms with Crippen molar-refractivity contribution < 1.29 is 23.3 Å². The van der Waals surface area contributed by atoms with Crippen molar-refractivity contribution >= 4 is 17.7 Å². The summed E-state index contributed by atoms with van der Waals surface area (Å²) in [6, 6.07) is 3.91. The van der Waals surface area contributed by atoms with E-state index in [0.717, 1.165) is 0 Å². The first-order chi connectivity index (χ1) is 11.4. The van der Waals surface area contributed by atoms with Crippen molar-refractivity contribution in [3.8, 4) is 11.4 Å². The van der Waals surface area contributed by atoms with Crippen LogP contribution in [0.2, 0.25) is 0 Å². The molecule has 9 nitrogen and oxygen atoms in total. The molecule has 1 heterocycles. The van der Waals surface area contributed by atoms with Crippen molar-refractivity contribution in [3.63, 3.8) is 0 Å². The minimum absolute atomic E-state index is 0.0737. The number of carbonyl (C=O) groups excluding carboxylic acids is 3. The summed E-state index contributed by atoms with van der Waals surface area (Å²) >= 11 is 0. The summed E-state index contributed by atoms with van der Waals surface area (Å²) in [5.74, 6) is -2.70. The minimum atomic E-state index is -1.57. The van der Waals surface area contributed by atoms with Crippen LogP contribution in [0.15, 0.2) is 28.8 Å². The Morgan fingerprint density at radius 3 is 2.38 bits per heavy atom. The zero-order chi connectivity index (χ0) is 17.7. The van der Waals surface area contributed by atoms with Crippen molar-refractivity contribution in [1.82, 2.24) is 15.5 Å². The SMILES string of the molecule is NC(=O)C(NC(=O)CCc1nc(-c2ccc(F)cc2)no1)C(N)=O. The van der Waals surface area contributed by atoms with Crippen LogP contribution in [0.1, 0.15) is 12.3 Å². The fourth-order valence-electron chi connectivity index (χ4n) is 1.81. The number of amides is 3. The van der Waals surface area contributed by atoms with Crippen LogP contribution in [0.5, 0.6) is 0 Å². The Morgan fingerprint density at radius 2 is 1.79 bits per heavy atom. The summed E-state index contributed by atoms with van der Waals surface area (Å²) in [7, 11) is 0. The highest BCUT2D eigenvalue weighted by Crippen LogP contribution is 2.16. The van der Waals surface area contributed by atoms with E-state index in [4.69, 9.17) is 16.0 Å². The lowest BCUT2D eigenvalue weighted by Gasteiger charge is -2.10. The molecule has 0 bridgehead atoms. The van der Waals surface area contributed by atoms with Crippen LogP contribution < -0.4 is 16.8 Å². The number of hydrogen-bond acceptors (Lipinski definition) is 6. The Hall–Kier alpha value is -3.30. The van der Waals surface area contributed by atoms with Gasteiger partial charge in [0.05, 0.1) is 0 Å². The summed E-state index contributed by atoms with van der Waals surface area (Å²) in [5, 5.41) is 5.83. The van der Waals surface area contributed by atoms with E-state index in [1.807, 2.05) is 0 Å². The van der Waals surface area contributed by atoms with Gasteiger partial charge in [0.15, 0.2) is 6.04 Å². The van der Waals surface area contributed by atoms with Gasteiger partial charge in [-0.05, 0) is 24.3 Å². The third-order valence-corrected chi connectivity index (χ3v) is 3.01. The van der Waals surface area contributed by atoms with Gasteiger partial charge in [-0.15, -0.1) is 0 Å². The highest BCUT2D eigenvalue weighted by molar-refractivity contribution is 6.05. The molecule has 2 rings (SSSR count). The molecule has 1 aromatic carbocycles. The first kappa shape index (κ1) is 17.1. The van der Waals surface area contributed by atoms with Gasteiger partial charge in [0.25, 0.3) is 0 Å². The Kier molecular flexibility index (Phi) is 5.20. The van der Waals surface area contributed by atoms with Gasteiger partial charge in [-0.2, -0.15) is 4.98 Å². The average molecular weight is 335 g/mol. The number of rotatable bonds is 7. The first-order valence-electron chi connectivity index (χ1n) is 6.83. The van der Waals surface area contributed by atoms with Crippen molar-refractivity contribution in [2.75, 3.05) is 0 Å². The second kappa shape index (κ2) is 7.31. The topological polar surface area (TPSA) is 154 Å². The van der Waals surface area contributed by atoms with Gasteiger partial charge in [0.2, 0.25) is 29.4 Å². The van der Waals surface area contributed by atoms with Gasteiger partial charge < -0.3 is 21.3 Å². The number of nitrogens with one attached hydrogen (secondary N) is 1. The fourth-order valence-corrected chi connectivity index (χ4v) is 1.81. The lowest BCUT2D eigenvalue weighted by atomic mass is 10.2. The normalized spacial score (nSPS) is 10.6. The molecule has 2 aromatic rings. The molecule has 0 aliphatic rings. The van der Waals surface area contributed by atoms with Gasteiger partial charge in [-0.3, -0.25) is 14.4 Å². The molecule has 0 spiro atoms. The predicted molar refractivity (Wildman–Crippen MR) is 78.3 cm³/mol. The Morgan fingerprint density at radius 1 is 1.17 bits per heavy atom. The molecule has 10 heteroatoms. The van der Waals surface area contributed by atoms with Crippen LogP contribution in [-0.2, 0) is 20.8 Å². The highest BCUT2D eigenvalue weighted by Gasteiger charge is 2.23. The zero-order valence-corrected chi connectivity index (χ0v) is 12.4. The van der Waals surface area contributed by atoms with Gasteiger partial charge in [-0.25, -0.2) is 4.39 Å². The van der Waals surface area contributed by atoms with E-state index < -0.39 is 29.6 Å². The summed E-state index contributed by atoms with van der Waals surface area (Å²) in [5.41, 5.74) is 10.5. The Bertz CT molecular complexity index is 745. The maximum atomic E-state index is 12.9. The number of primary amides is 2. The lowest BCUT2D eigenvalue weighted by molar-refractivity contribution is -0.134. The number of hydrogen-bond donors (Lipinski definition) is 3. The summed E-state index contributed by atoms with van der Waals surface area (Å²) < 4.78 is 17.8. The predicted octanol–water partition coefficient (Wildman–Crippen LogP) is -0.736.